The van der Waals surface area contributed by atoms with Crippen molar-refractivity contribution in [3.63, 3.8) is 0 Å². The van der Waals surface area contributed by atoms with Crippen molar-refractivity contribution in [3.8, 4) is 0 Å². The fraction of sp³-hybridized carbons (Fsp3) is 0.875. The minimum Gasteiger partial charge on any atom is -0.481 e. The van der Waals surface area contributed by atoms with Gasteiger partial charge >= 0.3 is 12.0 Å². The average molecular weight is 298 g/mol. The van der Waals surface area contributed by atoms with Gasteiger partial charge in [-0.25, -0.2) is 4.79 Å². The molecule has 1 saturated carbocycles. The molecule has 0 saturated heterocycles. The molecule has 0 radical (unpaired) electrons. The molecule has 1 atom stereocenters. The number of urea groups is 1. The predicted molar refractivity (Wildman–Crippen MR) is 83.2 cm³/mol. The van der Waals surface area contributed by atoms with E-state index in [0.717, 1.165) is 25.2 Å². The lowest BCUT2D eigenvalue weighted by Crippen LogP contribution is -2.46. The Kier molecular flexibility index (Phi) is 7.54. The molecule has 0 heterocycles. The summed E-state index contributed by atoms with van der Waals surface area (Å²) in [7, 11) is 1.82. The molecule has 0 spiro atoms. The number of aliphatic carboxylic acids is 1. The summed E-state index contributed by atoms with van der Waals surface area (Å²) in [4.78, 5) is 25.0. The van der Waals surface area contributed by atoms with Crippen LogP contribution in [0.4, 0.5) is 4.79 Å². The number of nitrogens with one attached hydrogen (secondary N) is 1. The molecule has 1 fully saturated rings. The van der Waals surface area contributed by atoms with Gasteiger partial charge in [-0.2, -0.15) is 0 Å². The van der Waals surface area contributed by atoms with Crippen molar-refractivity contribution < 1.29 is 14.7 Å². The molecule has 0 aromatic carbocycles. The Balaban J connectivity index is 2.39. The summed E-state index contributed by atoms with van der Waals surface area (Å²) in [6, 6.07) is 0.152. The molecule has 0 aromatic rings. The summed E-state index contributed by atoms with van der Waals surface area (Å²) in [6.07, 6.45) is 7.11. The van der Waals surface area contributed by atoms with E-state index in [2.05, 4.69) is 12.2 Å². The van der Waals surface area contributed by atoms with Crippen LogP contribution in [0.25, 0.3) is 0 Å². The number of carbonyl (C=O) groups is 2. The number of amides is 2. The maximum Gasteiger partial charge on any atom is 0.317 e. The maximum absolute atomic E-state index is 12.1. The van der Waals surface area contributed by atoms with Gasteiger partial charge < -0.3 is 15.3 Å². The zero-order valence-electron chi connectivity index (χ0n) is 13.6. The van der Waals surface area contributed by atoms with Crippen LogP contribution in [0.3, 0.4) is 0 Å². The molecule has 1 aliphatic carbocycles. The SMILES string of the molecule is CCCC(CNC(=O)N(C)C1CCC(CC)CC1)C(=O)O. The van der Waals surface area contributed by atoms with Crippen molar-refractivity contribution in [1.82, 2.24) is 10.2 Å². The Bertz CT molecular complexity index is 338. The van der Waals surface area contributed by atoms with Gasteiger partial charge in [0.05, 0.1) is 5.92 Å². The summed E-state index contributed by atoms with van der Waals surface area (Å²) < 4.78 is 0. The first-order valence-electron chi connectivity index (χ1n) is 8.23. The van der Waals surface area contributed by atoms with Gasteiger partial charge in [0, 0.05) is 19.6 Å². The summed E-state index contributed by atoms with van der Waals surface area (Å²) in [5, 5.41) is 11.9. The van der Waals surface area contributed by atoms with Gasteiger partial charge in [-0.1, -0.05) is 26.7 Å². The van der Waals surface area contributed by atoms with Crippen LogP contribution in [0.2, 0.25) is 0 Å². The van der Waals surface area contributed by atoms with Gasteiger partial charge in [-0.15, -0.1) is 0 Å². The van der Waals surface area contributed by atoms with Crippen molar-refractivity contribution >= 4 is 12.0 Å². The fourth-order valence-corrected chi connectivity index (χ4v) is 3.10. The normalized spacial score (nSPS) is 23.4. The second kappa shape index (κ2) is 8.90. The smallest absolute Gasteiger partial charge is 0.317 e. The highest BCUT2D eigenvalue weighted by molar-refractivity contribution is 5.76. The quantitative estimate of drug-likeness (QED) is 0.759. The highest BCUT2D eigenvalue weighted by Gasteiger charge is 2.26. The molecule has 122 valence electrons. The molecule has 0 aliphatic heterocycles. The van der Waals surface area contributed by atoms with E-state index in [1.54, 1.807) is 4.90 Å². The van der Waals surface area contributed by atoms with E-state index in [1.165, 1.54) is 19.3 Å². The standard InChI is InChI=1S/C16H30N2O3/c1-4-6-13(15(19)20)11-17-16(21)18(3)14-9-7-12(5-2)8-10-14/h12-14H,4-11H2,1-3H3,(H,17,21)(H,19,20). The van der Waals surface area contributed by atoms with Crippen LogP contribution < -0.4 is 5.32 Å². The Morgan fingerprint density at radius 3 is 2.33 bits per heavy atom. The van der Waals surface area contributed by atoms with E-state index < -0.39 is 11.9 Å². The van der Waals surface area contributed by atoms with Gasteiger partial charge in [-0.05, 0) is 38.0 Å². The van der Waals surface area contributed by atoms with Gasteiger partial charge in [-0.3, -0.25) is 4.79 Å². The molecular formula is C16H30N2O3. The average Bonchev–Trinajstić information content (AvgIpc) is 2.50. The molecule has 21 heavy (non-hydrogen) atoms. The number of nitrogens with zero attached hydrogens (tertiary/aromatic N) is 1. The molecule has 0 bridgehead atoms. The van der Waals surface area contributed by atoms with Crippen LogP contribution in [0.1, 0.15) is 58.8 Å². The Morgan fingerprint density at radius 1 is 1.24 bits per heavy atom. The number of hydrogen-bond acceptors (Lipinski definition) is 2. The fourth-order valence-electron chi connectivity index (χ4n) is 3.10. The second-order valence-corrected chi connectivity index (χ2v) is 6.20. The van der Waals surface area contributed by atoms with Crippen molar-refractivity contribution in [2.24, 2.45) is 11.8 Å². The van der Waals surface area contributed by atoms with E-state index in [0.29, 0.717) is 12.5 Å². The first-order valence-corrected chi connectivity index (χ1v) is 8.23. The van der Waals surface area contributed by atoms with Crippen molar-refractivity contribution in [2.75, 3.05) is 13.6 Å². The topological polar surface area (TPSA) is 69.6 Å². The number of hydrogen-bond donors (Lipinski definition) is 2. The van der Waals surface area contributed by atoms with Gasteiger partial charge in [0.2, 0.25) is 0 Å². The largest absolute Gasteiger partial charge is 0.481 e. The zero-order chi connectivity index (χ0) is 15.8. The van der Waals surface area contributed by atoms with Crippen LogP contribution in [0, 0.1) is 11.8 Å². The number of carboxylic acids is 1. The van der Waals surface area contributed by atoms with E-state index in [-0.39, 0.29) is 12.6 Å². The molecule has 2 N–H and O–H groups in total. The predicted octanol–water partition coefficient (Wildman–Crippen LogP) is 3.10. The maximum atomic E-state index is 12.1. The highest BCUT2D eigenvalue weighted by Crippen LogP contribution is 2.28. The molecule has 5 heteroatoms. The van der Waals surface area contributed by atoms with E-state index >= 15 is 0 Å². The second-order valence-electron chi connectivity index (χ2n) is 6.20. The molecule has 1 unspecified atom stereocenters. The lowest BCUT2D eigenvalue weighted by Gasteiger charge is -2.34. The Labute approximate surface area is 128 Å². The molecule has 1 rings (SSSR count). The molecule has 2 amide bonds. The number of carbonyl (C=O) groups excluding carboxylic acids is 1. The van der Waals surface area contributed by atoms with Gasteiger partial charge in [0.1, 0.15) is 0 Å². The van der Waals surface area contributed by atoms with Crippen LogP contribution in [0.15, 0.2) is 0 Å². The zero-order valence-corrected chi connectivity index (χ0v) is 13.6. The minimum absolute atomic E-state index is 0.141. The third-order valence-electron chi connectivity index (χ3n) is 4.75. The van der Waals surface area contributed by atoms with Crippen molar-refractivity contribution in [3.05, 3.63) is 0 Å². The van der Waals surface area contributed by atoms with Crippen LogP contribution in [-0.2, 0) is 4.79 Å². The van der Waals surface area contributed by atoms with Gasteiger partial charge in [0.15, 0.2) is 0 Å². The van der Waals surface area contributed by atoms with Crippen molar-refractivity contribution in [1.29, 1.82) is 0 Å². The number of rotatable bonds is 7. The first kappa shape index (κ1) is 17.8. The van der Waals surface area contributed by atoms with Crippen LogP contribution in [-0.4, -0.2) is 41.6 Å². The van der Waals surface area contributed by atoms with E-state index in [1.807, 2.05) is 14.0 Å². The monoisotopic (exact) mass is 298 g/mol. The third-order valence-corrected chi connectivity index (χ3v) is 4.75. The Hall–Kier alpha value is -1.26. The summed E-state index contributed by atoms with van der Waals surface area (Å²) in [6.45, 7) is 4.40. The molecule has 1 aliphatic rings. The Morgan fingerprint density at radius 2 is 1.86 bits per heavy atom. The van der Waals surface area contributed by atoms with Crippen LogP contribution in [0.5, 0.6) is 0 Å². The van der Waals surface area contributed by atoms with Crippen molar-refractivity contribution in [2.45, 2.75) is 64.8 Å². The highest BCUT2D eigenvalue weighted by atomic mass is 16.4. The van der Waals surface area contributed by atoms with Gasteiger partial charge in [0.25, 0.3) is 0 Å². The van der Waals surface area contributed by atoms with E-state index in [9.17, 15) is 9.59 Å². The lowest BCUT2D eigenvalue weighted by molar-refractivity contribution is -0.141. The molecule has 5 nitrogen and oxygen atoms in total. The lowest BCUT2D eigenvalue weighted by atomic mass is 9.84. The minimum atomic E-state index is -0.830. The van der Waals surface area contributed by atoms with E-state index in [4.69, 9.17) is 5.11 Å². The summed E-state index contributed by atoms with van der Waals surface area (Å²) in [5.74, 6) is -0.509. The molecular weight excluding hydrogens is 268 g/mol. The molecule has 0 aromatic heterocycles. The third kappa shape index (κ3) is 5.56. The first-order chi connectivity index (χ1) is 9.99. The summed E-state index contributed by atoms with van der Waals surface area (Å²) in [5.41, 5.74) is 0. The number of carboxylic acid groups (broad SMARTS) is 1. The van der Waals surface area contributed by atoms with Crippen LogP contribution >= 0.6 is 0 Å². The summed E-state index contributed by atoms with van der Waals surface area (Å²) >= 11 is 0.